The Bertz CT molecular complexity index is 927. The Morgan fingerprint density at radius 2 is 1.62 bits per heavy atom. The van der Waals surface area contributed by atoms with E-state index >= 15 is 0 Å². The van der Waals surface area contributed by atoms with Gasteiger partial charge in [0, 0.05) is 17.7 Å². The molecule has 0 saturated carbocycles. The minimum Gasteiger partial charge on any atom is -0.328 e. The third-order valence-electron chi connectivity index (χ3n) is 4.38. The maximum Gasteiger partial charge on any atom is 0.228 e. The van der Waals surface area contributed by atoms with Crippen LogP contribution in [0.4, 0.5) is 10.2 Å². The standard InChI is InChI=1S/C19H25FN2O3S/c1-11(2)19(23)21-18-17(13(5)14(6)22(18)12(3)4)26(24,25)16-9-7-15(20)8-10-16/h7-12H,1-6H3,(H,21,23). The van der Waals surface area contributed by atoms with E-state index in [0.29, 0.717) is 5.56 Å². The van der Waals surface area contributed by atoms with Crippen LogP contribution in [0.15, 0.2) is 34.1 Å². The molecule has 1 amide bonds. The molecule has 0 spiro atoms. The van der Waals surface area contributed by atoms with Gasteiger partial charge in [-0.1, -0.05) is 13.8 Å². The lowest BCUT2D eigenvalue weighted by Gasteiger charge is -2.18. The quantitative estimate of drug-likeness (QED) is 0.789. The fraction of sp³-hybridized carbons (Fsp3) is 0.421. The summed E-state index contributed by atoms with van der Waals surface area (Å²) in [6.07, 6.45) is 0. The molecule has 0 aliphatic carbocycles. The van der Waals surface area contributed by atoms with Crippen molar-refractivity contribution < 1.29 is 17.6 Å². The summed E-state index contributed by atoms with van der Waals surface area (Å²) in [5.41, 5.74) is 1.34. The fourth-order valence-electron chi connectivity index (χ4n) is 2.88. The number of halogens is 1. The van der Waals surface area contributed by atoms with Gasteiger partial charge in [-0.3, -0.25) is 4.79 Å². The van der Waals surface area contributed by atoms with E-state index in [1.165, 1.54) is 12.1 Å². The summed E-state index contributed by atoms with van der Waals surface area (Å²) in [5.74, 6) is -0.810. The molecule has 2 aromatic rings. The molecule has 1 N–H and O–H groups in total. The summed E-state index contributed by atoms with van der Waals surface area (Å²) < 4.78 is 41.5. The Hall–Kier alpha value is -2.15. The number of carbonyl (C=O) groups excluding carboxylic acids is 1. The number of amides is 1. The summed E-state index contributed by atoms with van der Waals surface area (Å²) in [6.45, 7) is 10.9. The number of hydrogen-bond acceptors (Lipinski definition) is 3. The Balaban J connectivity index is 2.76. The minimum atomic E-state index is -3.93. The highest BCUT2D eigenvalue weighted by atomic mass is 32.2. The second-order valence-electron chi connectivity index (χ2n) is 6.95. The second kappa shape index (κ2) is 7.23. The average molecular weight is 380 g/mol. The van der Waals surface area contributed by atoms with E-state index in [4.69, 9.17) is 0 Å². The van der Waals surface area contributed by atoms with Gasteiger partial charge >= 0.3 is 0 Å². The molecule has 1 heterocycles. The van der Waals surface area contributed by atoms with Gasteiger partial charge in [-0.25, -0.2) is 12.8 Å². The van der Waals surface area contributed by atoms with Crippen LogP contribution in [-0.2, 0) is 14.6 Å². The second-order valence-corrected chi connectivity index (χ2v) is 8.84. The van der Waals surface area contributed by atoms with Crippen LogP contribution in [-0.4, -0.2) is 18.9 Å². The van der Waals surface area contributed by atoms with Crippen molar-refractivity contribution in [3.8, 4) is 0 Å². The lowest BCUT2D eigenvalue weighted by atomic mass is 10.2. The number of nitrogens with zero attached hydrogens (tertiary/aromatic N) is 1. The molecule has 1 aromatic carbocycles. The number of benzene rings is 1. The molecule has 0 bridgehead atoms. The fourth-order valence-corrected chi connectivity index (χ4v) is 4.57. The minimum absolute atomic E-state index is 0.0112. The molecule has 0 radical (unpaired) electrons. The van der Waals surface area contributed by atoms with Gasteiger partial charge in [0.05, 0.1) is 4.90 Å². The topological polar surface area (TPSA) is 68.2 Å². The van der Waals surface area contributed by atoms with Crippen molar-refractivity contribution in [3.05, 3.63) is 41.3 Å². The van der Waals surface area contributed by atoms with Gasteiger partial charge in [-0.05, 0) is 57.5 Å². The molecule has 7 heteroatoms. The van der Waals surface area contributed by atoms with Crippen LogP contribution >= 0.6 is 0 Å². The molecular formula is C19H25FN2O3S. The number of hydrogen-bond donors (Lipinski definition) is 1. The monoisotopic (exact) mass is 380 g/mol. The summed E-state index contributed by atoms with van der Waals surface area (Å²) in [5, 5.41) is 2.78. The van der Waals surface area contributed by atoms with Crippen molar-refractivity contribution in [2.24, 2.45) is 5.92 Å². The molecule has 26 heavy (non-hydrogen) atoms. The van der Waals surface area contributed by atoms with E-state index in [0.717, 1.165) is 17.8 Å². The van der Waals surface area contributed by atoms with E-state index in [9.17, 15) is 17.6 Å². The van der Waals surface area contributed by atoms with Crippen LogP contribution in [0.25, 0.3) is 0 Å². The first-order chi connectivity index (χ1) is 12.0. The Morgan fingerprint density at radius 3 is 2.08 bits per heavy atom. The Morgan fingerprint density at radius 1 is 1.08 bits per heavy atom. The largest absolute Gasteiger partial charge is 0.328 e. The summed E-state index contributed by atoms with van der Waals surface area (Å²) in [4.78, 5) is 12.3. The highest BCUT2D eigenvalue weighted by molar-refractivity contribution is 7.91. The Kier molecular flexibility index (Phi) is 5.61. The van der Waals surface area contributed by atoms with Gasteiger partial charge in [-0.2, -0.15) is 0 Å². The predicted molar refractivity (Wildman–Crippen MR) is 99.6 cm³/mol. The van der Waals surface area contributed by atoms with Crippen molar-refractivity contribution in [3.63, 3.8) is 0 Å². The summed E-state index contributed by atoms with van der Waals surface area (Å²) in [7, 11) is -3.93. The number of carbonyl (C=O) groups is 1. The van der Waals surface area contributed by atoms with E-state index in [2.05, 4.69) is 5.32 Å². The zero-order valence-corrected chi connectivity index (χ0v) is 16.7. The van der Waals surface area contributed by atoms with Crippen molar-refractivity contribution in [2.45, 2.75) is 57.4 Å². The van der Waals surface area contributed by atoms with E-state index < -0.39 is 15.7 Å². The number of sulfone groups is 1. The number of anilines is 1. The summed E-state index contributed by atoms with van der Waals surface area (Å²) >= 11 is 0. The number of aromatic nitrogens is 1. The van der Waals surface area contributed by atoms with Crippen molar-refractivity contribution in [2.75, 3.05) is 5.32 Å². The van der Waals surface area contributed by atoms with Gasteiger partial charge in [-0.15, -0.1) is 0 Å². The molecular weight excluding hydrogens is 355 g/mol. The van der Waals surface area contributed by atoms with Crippen molar-refractivity contribution in [1.82, 2.24) is 4.57 Å². The first-order valence-electron chi connectivity index (χ1n) is 8.51. The molecule has 142 valence electrons. The molecule has 1 aromatic heterocycles. The van der Waals surface area contributed by atoms with Gasteiger partial charge < -0.3 is 9.88 Å². The highest BCUT2D eigenvalue weighted by Crippen LogP contribution is 2.37. The Labute approximate surface area is 154 Å². The third-order valence-corrected chi connectivity index (χ3v) is 6.31. The third kappa shape index (κ3) is 3.53. The molecule has 0 aliphatic rings. The lowest BCUT2D eigenvalue weighted by molar-refractivity contribution is -0.118. The maximum absolute atomic E-state index is 13.2. The van der Waals surface area contributed by atoms with Crippen LogP contribution < -0.4 is 5.32 Å². The van der Waals surface area contributed by atoms with Crippen LogP contribution in [0.2, 0.25) is 0 Å². The van der Waals surface area contributed by atoms with Gasteiger partial charge in [0.25, 0.3) is 0 Å². The highest BCUT2D eigenvalue weighted by Gasteiger charge is 2.31. The van der Waals surface area contributed by atoms with Crippen LogP contribution in [0.1, 0.15) is 45.0 Å². The average Bonchev–Trinajstić information content (AvgIpc) is 2.79. The first kappa shape index (κ1) is 20.2. The van der Waals surface area contributed by atoms with Crippen LogP contribution in [0.5, 0.6) is 0 Å². The number of nitrogens with one attached hydrogen (secondary N) is 1. The van der Waals surface area contributed by atoms with E-state index in [1.54, 1.807) is 20.8 Å². The number of rotatable bonds is 5. The van der Waals surface area contributed by atoms with Gasteiger partial charge in [0.2, 0.25) is 15.7 Å². The SMILES string of the molecule is Cc1c(S(=O)(=O)c2ccc(F)cc2)c(NC(=O)C(C)C)n(C(C)C)c1C. The predicted octanol–water partition coefficient (Wildman–Crippen LogP) is 4.25. The zero-order valence-electron chi connectivity index (χ0n) is 15.9. The van der Waals surface area contributed by atoms with Gasteiger partial charge in [0.1, 0.15) is 16.5 Å². The molecule has 0 fully saturated rings. The molecule has 0 aliphatic heterocycles. The maximum atomic E-state index is 13.2. The smallest absolute Gasteiger partial charge is 0.228 e. The van der Waals surface area contributed by atoms with E-state index in [1.807, 2.05) is 25.3 Å². The molecule has 0 atom stereocenters. The van der Waals surface area contributed by atoms with Crippen LogP contribution in [0.3, 0.4) is 0 Å². The lowest BCUT2D eigenvalue weighted by Crippen LogP contribution is -2.22. The molecule has 5 nitrogen and oxygen atoms in total. The van der Waals surface area contributed by atoms with Gasteiger partial charge in [0.15, 0.2) is 0 Å². The van der Waals surface area contributed by atoms with Crippen molar-refractivity contribution >= 4 is 21.6 Å². The van der Waals surface area contributed by atoms with Crippen LogP contribution in [0, 0.1) is 25.6 Å². The summed E-state index contributed by atoms with van der Waals surface area (Å²) in [6, 6.07) is 4.65. The van der Waals surface area contributed by atoms with E-state index in [-0.39, 0.29) is 33.5 Å². The molecule has 2 rings (SSSR count). The van der Waals surface area contributed by atoms with Crippen molar-refractivity contribution in [1.29, 1.82) is 0 Å². The zero-order chi connectivity index (χ0) is 19.8. The molecule has 0 saturated heterocycles. The first-order valence-corrected chi connectivity index (χ1v) is 9.99. The normalized spacial score (nSPS) is 12.0. The molecule has 0 unspecified atom stereocenters.